The minimum absolute atomic E-state index is 0.543. The number of thiazole rings is 1. The molecule has 0 radical (unpaired) electrons. The van der Waals surface area contributed by atoms with E-state index in [0.29, 0.717) is 29.3 Å². The largest absolute Gasteiger partial charge is 0.348 e. The monoisotopic (exact) mass is 443 g/mol. The SMILES string of the molecule is Cc1cn2cc(-c3cc4sc(N(C)C5CC6CCC(C5)N6C)nc4cn3)cc(C#N)c2n1. The molecule has 0 aliphatic carbocycles. The summed E-state index contributed by atoms with van der Waals surface area (Å²) < 4.78 is 3.03. The number of imidazole rings is 1. The number of hydrogen-bond acceptors (Lipinski definition) is 7. The maximum Gasteiger partial charge on any atom is 0.186 e. The van der Waals surface area contributed by atoms with Crippen molar-refractivity contribution in [1.29, 1.82) is 5.26 Å². The van der Waals surface area contributed by atoms with Crippen molar-refractivity contribution < 1.29 is 0 Å². The fourth-order valence-corrected chi connectivity index (χ4v) is 6.43. The molecule has 6 heterocycles. The van der Waals surface area contributed by atoms with Crippen LogP contribution in [0.25, 0.3) is 27.1 Å². The van der Waals surface area contributed by atoms with Crippen molar-refractivity contribution >= 4 is 32.3 Å². The van der Waals surface area contributed by atoms with E-state index in [1.54, 1.807) is 11.3 Å². The van der Waals surface area contributed by atoms with Gasteiger partial charge in [0.15, 0.2) is 10.8 Å². The summed E-state index contributed by atoms with van der Waals surface area (Å²) in [7, 11) is 4.47. The van der Waals surface area contributed by atoms with E-state index in [1.165, 1.54) is 25.7 Å². The molecule has 2 aliphatic heterocycles. The molecule has 2 aliphatic rings. The highest BCUT2D eigenvalue weighted by Crippen LogP contribution is 2.39. The van der Waals surface area contributed by atoms with Gasteiger partial charge >= 0.3 is 0 Å². The standard InChI is InChI=1S/C24H25N7S/c1-14-12-31-13-16(6-15(10-25)23(31)27-14)20-9-22-21(11-26-20)28-24(32-22)30(3)19-7-17-4-5-18(8-19)29(17)2/h6,9,11-13,17-19H,4-5,7-8H2,1-3H3. The van der Waals surface area contributed by atoms with Gasteiger partial charge in [0, 0.05) is 43.1 Å². The van der Waals surface area contributed by atoms with Crippen molar-refractivity contribution in [1.82, 2.24) is 24.3 Å². The fourth-order valence-electron chi connectivity index (χ4n) is 5.43. The molecule has 0 N–H and O–H groups in total. The van der Waals surface area contributed by atoms with Crippen molar-refractivity contribution in [2.24, 2.45) is 0 Å². The van der Waals surface area contributed by atoms with Crippen molar-refractivity contribution in [3.05, 3.63) is 42.0 Å². The van der Waals surface area contributed by atoms with E-state index in [1.807, 2.05) is 36.0 Å². The quantitative estimate of drug-likeness (QED) is 0.471. The van der Waals surface area contributed by atoms with Gasteiger partial charge in [-0.3, -0.25) is 4.98 Å². The Bertz CT molecular complexity index is 1370. The number of fused-ring (bicyclic) bond motifs is 4. The highest BCUT2D eigenvalue weighted by molar-refractivity contribution is 7.22. The minimum Gasteiger partial charge on any atom is -0.348 e. The number of nitrogens with zero attached hydrogens (tertiary/aromatic N) is 7. The summed E-state index contributed by atoms with van der Waals surface area (Å²) in [4.78, 5) is 19.0. The second kappa shape index (κ2) is 7.26. The van der Waals surface area contributed by atoms with Crippen molar-refractivity contribution in [3.8, 4) is 17.3 Å². The summed E-state index contributed by atoms with van der Waals surface area (Å²) in [5.41, 5.74) is 4.81. The van der Waals surface area contributed by atoms with Crippen LogP contribution in [0.2, 0.25) is 0 Å². The Morgan fingerprint density at radius 2 is 1.94 bits per heavy atom. The first-order valence-electron chi connectivity index (χ1n) is 11.1. The van der Waals surface area contributed by atoms with Crippen LogP contribution in [0.15, 0.2) is 30.7 Å². The third-order valence-electron chi connectivity index (χ3n) is 7.27. The van der Waals surface area contributed by atoms with Crippen LogP contribution in [0.4, 0.5) is 5.13 Å². The van der Waals surface area contributed by atoms with E-state index in [0.717, 1.165) is 32.3 Å². The van der Waals surface area contributed by atoms with Crippen molar-refractivity contribution in [2.75, 3.05) is 19.0 Å². The van der Waals surface area contributed by atoms with Crippen LogP contribution in [0, 0.1) is 18.3 Å². The highest BCUT2D eigenvalue weighted by atomic mass is 32.1. The number of piperidine rings is 1. The molecule has 0 saturated carbocycles. The predicted octanol–water partition coefficient (Wildman–Crippen LogP) is 4.25. The zero-order valence-electron chi connectivity index (χ0n) is 18.5. The van der Waals surface area contributed by atoms with E-state index in [9.17, 15) is 5.26 Å². The topological polar surface area (TPSA) is 73.3 Å². The molecule has 2 saturated heterocycles. The average Bonchev–Trinajstić information content (AvgIpc) is 3.43. The van der Waals surface area contributed by atoms with E-state index in [-0.39, 0.29) is 0 Å². The molecule has 162 valence electrons. The Kier molecular flexibility index (Phi) is 4.46. The molecule has 4 aromatic heterocycles. The smallest absolute Gasteiger partial charge is 0.186 e. The summed E-state index contributed by atoms with van der Waals surface area (Å²) >= 11 is 1.73. The molecular weight excluding hydrogens is 418 g/mol. The Morgan fingerprint density at radius 1 is 1.16 bits per heavy atom. The minimum atomic E-state index is 0.543. The molecule has 8 heteroatoms. The summed E-state index contributed by atoms with van der Waals surface area (Å²) in [5, 5.41) is 10.7. The lowest BCUT2D eigenvalue weighted by atomic mass is 9.97. The molecule has 2 unspecified atom stereocenters. The molecule has 2 atom stereocenters. The number of rotatable bonds is 3. The van der Waals surface area contributed by atoms with Crippen LogP contribution in [0.5, 0.6) is 0 Å². The molecule has 2 fully saturated rings. The van der Waals surface area contributed by atoms with Crippen LogP contribution >= 0.6 is 11.3 Å². The third kappa shape index (κ3) is 3.07. The summed E-state index contributed by atoms with van der Waals surface area (Å²) in [6.07, 6.45) is 10.9. The Labute approximate surface area is 191 Å². The van der Waals surface area contributed by atoms with Crippen LogP contribution in [0.3, 0.4) is 0 Å². The molecule has 6 rings (SSSR count). The average molecular weight is 444 g/mol. The molecule has 32 heavy (non-hydrogen) atoms. The number of hydrogen-bond donors (Lipinski definition) is 0. The zero-order valence-corrected chi connectivity index (χ0v) is 19.3. The number of anilines is 1. The first kappa shape index (κ1) is 19.6. The maximum atomic E-state index is 9.59. The molecule has 0 spiro atoms. The van der Waals surface area contributed by atoms with Gasteiger partial charge in [0.25, 0.3) is 0 Å². The Morgan fingerprint density at radius 3 is 2.69 bits per heavy atom. The van der Waals surface area contributed by atoms with Crippen LogP contribution in [-0.2, 0) is 0 Å². The molecule has 2 bridgehead atoms. The van der Waals surface area contributed by atoms with E-state index < -0.39 is 0 Å². The molecule has 7 nitrogen and oxygen atoms in total. The number of aromatic nitrogens is 4. The van der Waals surface area contributed by atoms with E-state index >= 15 is 0 Å². The summed E-state index contributed by atoms with van der Waals surface area (Å²) in [6.45, 7) is 1.93. The summed E-state index contributed by atoms with van der Waals surface area (Å²) in [5.74, 6) is 0. The van der Waals surface area contributed by atoms with Gasteiger partial charge < -0.3 is 14.2 Å². The van der Waals surface area contributed by atoms with E-state index in [4.69, 9.17) is 4.98 Å². The lowest BCUT2D eigenvalue weighted by Gasteiger charge is -2.40. The fraction of sp³-hybridized carbons (Fsp3) is 0.417. The van der Waals surface area contributed by atoms with Crippen molar-refractivity contribution in [3.63, 3.8) is 0 Å². The van der Waals surface area contributed by atoms with Gasteiger partial charge in [0.1, 0.15) is 11.6 Å². The molecule has 0 aromatic carbocycles. The maximum absolute atomic E-state index is 9.59. The van der Waals surface area contributed by atoms with E-state index in [2.05, 4.69) is 46.0 Å². The predicted molar refractivity (Wildman–Crippen MR) is 127 cm³/mol. The first-order valence-corrected chi connectivity index (χ1v) is 11.9. The van der Waals surface area contributed by atoms with Crippen molar-refractivity contribution in [2.45, 2.75) is 50.7 Å². The van der Waals surface area contributed by atoms with Gasteiger partial charge in [-0.1, -0.05) is 11.3 Å². The molecule has 0 amide bonds. The number of pyridine rings is 2. The normalized spacial score (nSPS) is 23.1. The lowest BCUT2D eigenvalue weighted by molar-refractivity contribution is 0.161. The third-order valence-corrected chi connectivity index (χ3v) is 8.38. The van der Waals surface area contributed by atoms with Gasteiger partial charge in [-0.2, -0.15) is 5.26 Å². The first-order chi connectivity index (χ1) is 15.5. The van der Waals surface area contributed by atoms with Crippen LogP contribution in [0.1, 0.15) is 36.9 Å². The summed E-state index contributed by atoms with van der Waals surface area (Å²) in [6, 6.07) is 8.20. The highest BCUT2D eigenvalue weighted by Gasteiger charge is 2.40. The van der Waals surface area contributed by atoms with Gasteiger partial charge in [-0.25, -0.2) is 9.97 Å². The Balaban J connectivity index is 1.33. The number of aryl methyl sites for hydroxylation is 1. The Hall–Kier alpha value is -3.02. The molecule has 4 aromatic rings. The zero-order chi connectivity index (χ0) is 22.0. The lowest BCUT2D eigenvalue weighted by Crippen LogP contribution is -2.47. The van der Waals surface area contributed by atoms with Gasteiger partial charge in [-0.05, 0) is 51.8 Å². The second-order valence-corrected chi connectivity index (χ2v) is 10.2. The van der Waals surface area contributed by atoms with Crippen LogP contribution in [-0.4, -0.2) is 56.5 Å². The number of nitriles is 1. The second-order valence-electron chi connectivity index (χ2n) is 9.19. The van der Waals surface area contributed by atoms with Gasteiger partial charge in [-0.15, -0.1) is 0 Å². The molecular formula is C24H25N7S. The van der Waals surface area contributed by atoms with Gasteiger partial charge in [0.2, 0.25) is 0 Å². The van der Waals surface area contributed by atoms with Gasteiger partial charge in [0.05, 0.1) is 27.8 Å². The van der Waals surface area contributed by atoms with Crippen LogP contribution < -0.4 is 4.90 Å².